The number of nitro benzene ring substituents is 1. The maximum Gasteiger partial charge on any atom is 0.317 e. The van der Waals surface area contributed by atoms with Crippen molar-refractivity contribution >= 4 is 46.2 Å². The van der Waals surface area contributed by atoms with Gasteiger partial charge < -0.3 is 11.1 Å². The van der Waals surface area contributed by atoms with Gasteiger partial charge in [-0.15, -0.1) is 0 Å². The number of nitrogens with one attached hydrogen (secondary N) is 1. The molecule has 1 amide bonds. The second-order valence-electron chi connectivity index (χ2n) is 6.21. The summed E-state index contributed by atoms with van der Waals surface area (Å²) >= 11 is 10.9. The molecule has 3 N–H and O–H groups in total. The van der Waals surface area contributed by atoms with E-state index < -0.39 is 50.9 Å². The van der Waals surface area contributed by atoms with Crippen LogP contribution < -0.4 is 11.1 Å². The zero-order valence-electron chi connectivity index (χ0n) is 16.1. The summed E-state index contributed by atoms with van der Waals surface area (Å²) in [6.07, 6.45) is 0. The summed E-state index contributed by atoms with van der Waals surface area (Å²) in [6, 6.07) is 7.79. The third-order valence-corrected chi connectivity index (χ3v) is 4.55. The first-order valence-electron chi connectivity index (χ1n) is 8.52. The molecular formula is C20H13Cl2F4N3O3. The Morgan fingerprint density at radius 3 is 2.03 bits per heavy atom. The van der Waals surface area contributed by atoms with E-state index in [9.17, 15) is 32.5 Å². The summed E-state index contributed by atoms with van der Waals surface area (Å²) in [4.78, 5) is 21.9. The molecule has 0 aliphatic rings. The standard InChI is InChI=1S/C14H8ClF3N2O3.C6H5ClFN/c1-6-11(17)5-8(13(12(6)18)20(22)23)14(21)19-7-2-3-10(16)9(15)4-7;7-5-3-4(9)1-2-6(5)8/h2-5H,1H3,(H,19,21);1-3H,9H2. The number of nitrogens with zero attached hydrogens (tertiary/aromatic N) is 1. The molecule has 0 spiro atoms. The number of carbonyl (C=O) groups excluding carboxylic acids is 1. The molecule has 0 aliphatic carbocycles. The Hall–Kier alpha value is -3.37. The predicted molar refractivity (Wildman–Crippen MR) is 113 cm³/mol. The van der Waals surface area contributed by atoms with E-state index in [0.717, 1.165) is 25.1 Å². The molecule has 32 heavy (non-hydrogen) atoms. The lowest BCUT2D eigenvalue weighted by Crippen LogP contribution is -2.16. The van der Waals surface area contributed by atoms with Crippen LogP contribution >= 0.6 is 23.2 Å². The number of nitrogens with two attached hydrogens (primary N) is 1. The summed E-state index contributed by atoms with van der Waals surface area (Å²) in [6.45, 7) is 1.01. The number of benzene rings is 3. The molecule has 0 bridgehead atoms. The fraction of sp³-hybridized carbons (Fsp3) is 0.0500. The van der Waals surface area contributed by atoms with Crippen LogP contribution in [-0.4, -0.2) is 10.8 Å². The molecule has 3 aromatic rings. The SMILES string of the molecule is Cc1c(F)cc(C(=O)Nc2ccc(F)c(Cl)c2)c([N+](=O)[O-])c1F.Nc1ccc(F)c(Cl)c1. The van der Waals surface area contributed by atoms with Crippen molar-refractivity contribution in [3.63, 3.8) is 0 Å². The third-order valence-electron chi connectivity index (χ3n) is 3.97. The lowest BCUT2D eigenvalue weighted by molar-refractivity contribution is -0.387. The van der Waals surface area contributed by atoms with Crippen LogP contribution in [0.1, 0.15) is 15.9 Å². The average molecular weight is 490 g/mol. The van der Waals surface area contributed by atoms with Crippen LogP contribution in [0.15, 0.2) is 42.5 Å². The van der Waals surface area contributed by atoms with Gasteiger partial charge in [0, 0.05) is 16.9 Å². The fourth-order valence-corrected chi connectivity index (χ4v) is 2.71. The van der Waals surface area contributed by atoms with E-state index in [0.29, 0.717) is 11.8 Å². The monoisotopic (exact) mass is 489 g/mol. The Morgan fingerprint density at radius 2 is 1.53 bits per heavy atom. The van der Waals surface area contributed by atoms with Crippen molar-refractivity contribution < 1.29 is 27.3 Å². The molecule has 0 atom stereocenters. The van der Waals surface area contributed by atoms with E-state index in [1.165, 1.54) is 18.2 Å². The number of halogens is 6. The number of nitro groups is 1. The van der Waals surface area contributed by atoms with Crippen molar-refractivity contribution in [3.05, 3.63) is 97.0 Å². The average Bonchev–Trinajstić information content (AvgIpc) is 2.71. The summed E-state index contributed by atoms with van der Waals surface area (Å²) < 4.78 is 52.8. The minimum atomic E-state index is -1.43. The quantitative estimate of drug-likeness (QED) is 0.195. The second kappa shape index (κ2) is 10.3. The maximum atomic E-state index is 13.9. The maximum absolute atomic E-state index is 13.9. The molecule has 0 saturated carbocycles. The number of nitrogen functional groups attached to an aromatic ring is 1. The van der Waals surface area contributed by atoms with Gasteiger partial charge in [-0.1, -0.05) is 23.2 Å². The van der Waals surface area contributed by atoms with Crippen molar-refractivity contribution in [1.29, 1.82) is 0 Å². The lowest BCUT2D eigenvalue weighted by Gasteiger charge is -2.09. The topological polar surface area (TPSA) is 98.3 Å². The zero-order valence-corrected chi connectivity index (χ0v) is 17.6. The summed E-state index contributed by atoms with van der Waals surface area (Å²) in [5.74, 6) is -4.83. The molecule has 0 heterocycles. The van der Waals surface area contributed by atoms with Gasteiger partial charge >= 0.3 is 5.69 Å². The van der Waals surface area contributed by atoms with Crippen LogP contribution in [0.3, 0.4) is 0 Å². The van der Waals surface area contributed by atoms with Crippen molar-refractivity contribution in [3.8, 4) is 0 Å². The number of rotatable bonds is 3. The Bertz CT molecular complexity index is 1210. The zero-order chi connectivity index (χ0) is 24.2. The highest BCUT2D eigenvalue weighted by atomic mass is 35.5. The highest BCUT2D eigenvalue weighted by Gasteiger charge is 2.29. The highest BCUT2D eigenvalue weighted by molar-refractivity contribution is 6.31. The van der Waals surface area contributed by atoms with Crippen LogP contribution in [0.25, 0.3) is 0 Å². The minimum absolute atomic E-state index is 0.0112. The normalized spacial score (nSPS) is 10.2. The first-order chi connectivity index (χ1) is 14.9. The molecule has 0 aromatic heterocycles. The van der Waals surface area contributed by atoms with Gasteiger partial charge in [-0.3, -0.25) is 14.9 Å². The lowest BCUT2D eigenvalue weighted by atomic mass is 10.1. The van der Waals surface area contributed by atoms with E-state index in [4.69, 9.17) is 28.9 Å². The van der Waals surface area contributed by atoms with Gasteiger partial charge in [0.25, 0.3) is 5.91 Å². The van der Waals surface area contributed by atoms with Crippen molar-refractivity contribution in [1.82, 2.24) is 0 Å². The molecule has 0 unspecified atom stereocenters. The van der Waals surface area contributed by atoms with Crippen LogP contribution in [0.4, 0.5) is 34.6 Å². The van der Waals surface area contributed by atoms with Crippen molar-refractivity contribution in [2.45, 2.75) is 6.92 Å². The summed E-state index contributed by atoms with van der Waals surface area (Å²) in [5, 5.41) is 12.9. The predicted octanol–water partition coefficient (Wildman–Crippen LogP) is 6.29. The fourth-order valence-electron chi connectivity index (χ4n) is 2.34. The first kappa shape index (κ1) is 24.9. The molecular weight excluding hydrogens is 477 g/mol. The van der Waals surface area contributed by atoms with Gasteiger partial charge in [0.05, 0.1) is 15.0 Å². The molecule has 6 nitrogen and oxygen atoms in total. The molecule has 0 saturated heterocycles. The second-order valence-corrected chi connectivity index (χ2v) is 7.02. The Kier molecular flexibility index (Phi) is 8.01. The smallest absolute Gasteiger partial charge is 0.317 e. The molecule has 3 rings (SSSR count). The van der Waals surface area contributed by atoms with Crippen LogP contribution in [-0.2, 0) is 0 Å². The molecule has 168 valence electrons. The van der Waals surface area contributed by atoms with Crippen molar-refractivity contribution in [2.24, 2.45) is 0 Å². The van der Waals surface area contributed by atoms with E-state index >= 15 is 0 Å². The largest absolute Gasteiger partial charge is 0.399 e. The van der Waals surface area contributed by atoms with Crippen molar-refractivity contribution in [2.75, 3.05) is 11.1 Å². The minimum Gasteiger partial charge on any atom is -0.399 e. The number of hydrogen-bond acceptors (Lipinski definition) is 4. The third kappa shape index (κ3) is 5.86. The van der Waals surface area contributed by atoms with Gasteiger partial charge in [-0.05, 0) is 49.4 Å². The molecule has 12 heteroatoms. The van der Waals surface area contributed by atoms with Gasteiger partial charge in [-0.25, -0.2) is 13.2 Å². The summed E-state index contributed by atoms with van der Waals surface area (Å²) in [7, 11) is 0. The van der Waals surface area contributed by atoms with Crippen LogP contribution in [0, 0.1) is 40.3 Å². The Morgan fingerprint density at radius 1 is 0.969 bits per heavy atom. The Labute approximate surface area is 188 Å². The van der Waals surface area contributed by atoms with E-state index in [1.807, 2.05) is 0 Å². The number of amides is 1. The molecule has 0 aliphatic heterocycles. The van der Waals surface area contributed by atoms with Gasteiger partial charge in [0.2, 0.25) is 5.82 Å². The van der Waals surface area contributed by atoms with Crippen LogP contribution in [0.5, 0.6) is 0 Å². The Balaban J connectivity index is 0.000000336. The number of carbonyl (C=O) groups is 1. The molecule has 3 aromatic carbocycles. The summed E-state index contributed by atoms with van der Waals surface area (Å²) in [5.41, 5.74) is 3.25. The number of hydrogen-bond donors (Lipinski definition) is 2. The van der Waals surface area contributed by atoms with Gasteiger partial charge in [0.1, 0.15) is 23.0 Å². The highest BCUT2D eigenvalue weighted by Crippen LogP contribution is 2.29. The molecule has 0 radical (unpaired) electrons. The van der Waals surface area contributed by atoms with Crippen LogP contribution in [0.2, 0.25) is 10.0 Å². The van der Waals surface area contributed by atoms with E-state index in [1.54, 1.807) is 0 Å². The first-order valence-corrected chi connectivity index (χ1v) is 9.27. The molecule has 0 fully saturated rings. The van der Waals surface area contributed by atoms with E-state index in [-0.39, 0.29) is 15.7 Å². The number of anilines is 2. The van der Waals surface area contributed by atoms with Gasteiger partial charge in [-0.2, -0.15) is 4.39 Å². The van der Waals surface area contributed by atoms with E-state index in [2.05, 4.69) is 5.32 Å². The van der Waals surface area contributed by atoms with Gasteiger partial charge in [0.15, 0.2) is 0 Å².